The Hall–Kier alpha value is -3.64. The summed E-state index contributed by atoms with van der Waals surface area (Å²) in [4.78, 5) is 13.3. The van der Waals surface area contributed by atoms with Gasteiger partial charge in [0, 0.05) is 42.4 Å². The van der Waals surface area contributed by atoms with Crippen LogP contribution in [0.15, 0.2) is 99.9 Å². The molecule has 0 amide bonds. The number of aliphatic imine (C=N–C) groups is 3. The summed E-state index contributed by atoms with van der Waals surface area (Å²) in [6.07, 6.45) is 1.11. The van der Waals surface area contributed by atoms with E-state index in [-0.39, 0.29) is 5.92 Å². The van der Waals surface area contributed by atoms with E-state index in [0.29, 0.717) is 11.8 Å². The van der Waals surface area contributed by atoms with Gasteiger partial charge < -0.3 is 16.0 Å². The molecule has 0 saturated heterocycles. The summed E-state index contributed by atoms with van der Waals surface area (Å²) >= 11 is 6.11. The quantitative estimate of drug-likeness (QED) is 0.307. The van der Waals surface area contributed by atoms with Gasteiger partial charge in [-0.3, -0.25) is 15.0 Å². The second-order valence-electron chi connectivity index (χ2n) is 10.3. The van der Waals surface area contributed by atoms with E-state index in [4.69, 9.17) is 11.6 Å². The molecular weight excluding hydrogens is 528 g/mol. The lowest BCUT2D eigenvalue weighted by molar-refractivity contribution is 0.815. The largest absolute Gasteiger partial charge is 0.371 e. The van der Waals surface area contributed by atoms with Crippen molar-refractivity contribution in [3.05, 3.63) is 107 Å². The highest BCUT2D eigenvalue weighted by molar-refractivity contribution is 6.31. The van der Waals surface area contributed by atoms with Crippen LogP contribution in [0.4, 0.5) is 0 Å². The fraction of sp³-hybridized carbons (Fsp3) is 0.382. The van der Waals surface area contributed by atoms with Gasteiger partial charge in [-0.1, -0.05) is 111 Å². The molecule has 6 rings (SSSR count). The SMILES string of the molecule is CC(C1=NCCN1)c1ccccc1.CC(C1=NCCN1)c1ccccc1Cl.CCC(C1=NCCN1)c1ccccc1. The summed E-state index contributed by atoms with van der Waals surface area (Å²) in [6, 6.07) is 29.0. The van der Waals surface area contributed by atoms with Gasteiger partial charge in [-0.15, -0.1) is 0 Å². The maximum Gasteiger partial charge on any atom is 0.104 e. The smallest absolute Gasteiger partial charge is 0.104 e. The summed E-state index contributed by atoms with van der Waals surface area (Å²) in [7, 11) is 0. The van der Waals surface area contributed by atoms with E-state index in [2.05, 4.69) is 112 Å². The first kappa shape index (κ1) is 30.3. The van der Waals surface area contributed by atoms with E-state index in [9.17, 15) is 0 Å². The molecule has 6 nitrogen and oxygen atoms in total. The Morgan fingerprint density at radius 3 is 1.56 bits per heavy atom. The first-order chi connectivity index (χ1) is 20.1. The van der Waals surface area contributed by atoms with Crippen LogP contribution in [0.25, 0.3) is 0 Å². The van der Waals surface area contributed by atoms with Crippen molar-refractivity contribution in [1.82, 2.24) is 16.0 Å². The molecule has 0 radical (unpaired) electrons. The molecule has 3 unspecified atom stereocenters. The Bertz CT molecular complexity index is 1310. The van der Waals surface area contributed by atoms with Gasteiger partial charge in [0.25, 0.3) is 0 Å². The lowest BCUT2D eigenvalue weighted by Crippen LogP contribution is -2.25. The Kier molecular flexibility index (Phi) is 11.8. The van der Waals surface area contributed by atoms with Gasteiger partial charge in [-0.2, -0.15) is 0 Å². The molecule has 0 saturated carbocycles. The van der Waals surface area contributed by atoms with Crippen LogP contribution in [0.5, 0.6) is 0 Å². The van der Waals surface area contributed by atoms with Gasteiger partial charge in [-0.05, 0) is 29.2 Å². The van der Waals surface area contributed by atoms with Crippen molar-refractivity contribution in [2.45, 2.75) is 44.9 Å². The van der Waals surface area contributed by atoms with Crippen LogP contribution in [0.2, 0.25) is 5.02 Å². The monoisotopic (exact) mass is 570 g/mol. The van der Waals surface area contributed by atoms with Crippen molar-refractivity contribution < 1.29 is 0 Å². The summed E-state index contributed by atoms with van der Waals surface area (Å²) in [5.74, 6) is 4.48. The molecule has 0 aromatic heterocycles. The van der Waals surface area contributed by atoms with Gasteiger partial charge >= 0.3 is 0 Å². The minimum absolute atomic E-state index is 0.270. The lowest BCUT2D eigenvalue weighted by atomic mass is 9.95. The van der Waals surface area contributed by atoms with Crippen LogP contribution in [-0.2, 0) is 0 Å². The van der Waals surface area contributed by atoms with Crippen molar-refractivity contribution in [2.75, 3.05) is 39.3 Å². The van der Waals surface area contributed by atoms with E-state index in [1.807, 2.05) is 24.3 Å². The standard InChI is InChI=1S/C12H16N2.C11H13ClN2.C11H14N2/c1-2-11(12-13-8-9-14-12)10-6-4-3-5-7-10;1-8(11-13-6-7-14-11)9-4-2-3-5-10(9)12;1-9(11-12-7-8-13-11)10-5-3-2-4-6-10/h3-7,11H,2,8-9H2,1H3,(H,13,14);2-5,8H,6-7H2,1H3,(H,13,14);2-6,9H,7-8H2,1H3,(H,12,13). The lowest BCUT2D eigenvalue weighted by Gasteiger charge is -2.15. The third-order valence-electron chi connectivity index (χ3n) is 7.53. The van der Waals surface area contributed by atoms with E-state index in [1.165, 1.54) is 17.0 Å². The predicted octanol–water partition coefficient (Wildman–Crippen LogP) is 6.42. The normalized spacial score (nSPS) is 17.5. The Morgan fingerprint density at radius 1 is 0.610 bits per heavy atom. The average Bonchev–Trinajstić information content (AvgIpc) is 3.84. The van der Waals surface area contributed by atoms with Crippen molar-refractivity contribution >= 4 is 29.1 Å². The van der Waals surface area contributed by atoms with Gasteiger partial charge in [-0.25, -0.2) is 0 Å². The molecule has 0 aliphatic carbocycles. The van der Waals surface area contributed by atoms with Gasteiger partial charge in [0.05, 0.1) is 19.6 Å². The molecule has 3 aliphatic rings. The highest BCUT2D eigenvalue weighted by Gasteiger charge is 2.19. The first-order valence-corrected chi connectivity index (χ1v) is 15.1. The molecule has 0 bridgehead atoms. The number of amidine groups is 3. The number of halogens is 1. The third-order valence-corrected chi connectivity index (χ3v) is 7.88. The highest BCUT2D eigenvalue weighted by Crippen LogP contribution is 2.25. The van der Waals surface area contributed by atoms with Crippen molar-refractivity contribution in [3.63, 3.8) is 0 Å². The molecule has 0 spiro atoms. The van der Waals surface area contributed by atoms with E-state index in [0.717, 1.165) is 67.9 Å². The number of hydrogen-bond donors (Lipinski definition) is 3. The molecule has 3 heterocycles. The molecule has 3 atom stereocenters. The minimum atomic E-state index is 0.270. The second-order valence-corrected chi connectivity index (χ2v) is 10.7. The summed E-state index contributed by atoms with van der Waals surface area (Å²) in [6.45, 7) is 12.2. The van der Waals surface area contributed by atoms with E-state index >= 15 is 0 Å². The van der Waals surface area contributed by atoms with Crippen LogP contribution in [0.3, 0.4) is 0 Å². The van der Waals surface area contributed by atoms with Crippen LogP contribution in [-0.4, -0.2) is 56.8 Å². The van der Waals surface area contributed by atoms with Crippen LogP contribution < -0.4 is 16.0 Å². The zero-order chi connectivity index (χ0) is 28.9. The zero-order valence-corrected chi connectivity index (χ0v) is 25.2. The number of nitrogens with one attached hydrogen (secondary N) is 3. The maximum absolute atomic E-state index is 6.11. The molecule has 0 fully saturated rings. The van der Waals surface area contributed by atoms with E-state index in [1.54, 1.807) is 0 Å². The molecule has 3 aromatic carbocycles. The topological polar surface area (TPSA) is 73.2 Å². The van der Waals surface area contributed by atoms with Gasteiger partial charge in [0.1, 0.15) is 17.5 Å². The van der Waals surface area contributed by atoms with Gasteiger partial charge in [0.15, 0.2) is 0 Å². The summed E-state index contributed by atoms with van der Waals surface area (Å²) in [5, 5.41) is 10.8. The van der Waals surface area contributed by atoms with Crippen LogP contribution >= 0.6 is 11.6 Å². The number of rotatable bonds is 7. The molecular formula is C34H43ClN6. The molecule has 41 heavy (non-hydrogen) atoms. The number of hydrogen-bond acceptors (Lipinski definition) is 6. The fourth-order valence-electron chi connectivity index (χ4n) is 5.21. The highest BCUT2D eigenvalue weighted by atomic mass is 35.5. The van der Waals surface area contributed by atoms with Crippen LogP contribution in [0.1, 0.15) is 61.6 Å². The summed E-state index contributed by atoms with van der Waals surface area (Å²) < 4.78 is 0. The van der Waals surface area contributed by atoms with Crippen molar-refractivity contribution in [1.29, 1.82) is 0 Å². The predicted molar refractivity (Wildman–Crippen MR) is 175 cm³/mol. The molecule has 7 heteroatoms. The van der Waals surface area contributed by atoms with Crippen LogP contribution in [0, 0.1) is 0 Å². The molecule has 3 aromatic rings. The number of benzene rings is 3. The average molecular weight is 571 g/mol. The van der Waals surface area contributed by atoms with Crippen molar-refractivity contribution in [2.24, 2.45) is 15.0 Å². The molecule has 3 aliphatic heterocycles. The molecule has 216 valence electrons. The molecule has 3 N–H and O–H groups in total. The third kappa shape index (κ3) is 8.67. The zero-order valence-electron chi connectivity index (χ0n) is 24.5. The Labute approximate surface area is 250 Å². The maximum atomic E-state index is 6.11. The second kappa shape index (κ2) is 16.0. The van der Waals surface area contributed by atoms with Crippen molar-refractivity contribution in [3.8, 4) is 0 Å². The minimum Gasteiger partial charge on any atom is -0.371 e. The van der Waals surface area contributed by atoms with Gasteiger partial charge in [0.2, 0.25) is 0 Å². The van der Waals surface area contributed by atoms with E-state index < -0.39 is 0 Å². The first-order valence-electron chi connectivity index (χ1n) is 14.8. The number of nitrogens with zero attached hydrogens (tertiary/aromatic N) is 3. The summed E-state index contributed by atoms with van der Waals surface area (Å²) in [5.41, 5.74) is 3.83. The fourth-order valence-corrected chi connectivity index (χ4v) is 5.51. The Balaban J connectivity index is 0.000000142. The Morgan fingerprint density at radius 2 is 1.07 bits per heavy atom.